The maximum atomic E-state index is 13.3. The Bertz CT molecular complexity index is 1280. The van der Waals surface area contributed by atoms with E-state index < -0.39 is 17.7 Å². The fourth-order valence-corrected chi connectivity index (χ4v) is 4.23. The number of carbonyl (C=O) groups is 2. The lowest BCUT2D eigenvalue weighted by atomic mass is 9.93. The van der Waals surface area contributed by atoms with Crippen molar-refractivity contribution in [3.05, 3.63) is 94.6 Å². The average molecular weight is 458 g/mol. The van der Waals surface area contributed by atoms with Crippen molar-refractivity contribution < 1.29 is 24.2 Å². The van der Waals surface area contributed by atoms with Crippen molar-refractivity contribution in [2.45, 2.75) is 26.8 Å². The molecule has 1 heterocycles. The Kier molecular flexibility index (Phi) is 6.41. The van der Waals surface area contributed by atoms with Crippen LogP contribution in [0.5, 0.6) is 11.5 Å². The van der Waals surface area contributed by atoms with Crippen LogP contribution >= 0.6 is 0 Å². The van der Waals surface area contributed by atoms with Gasteiger partial charge in [-0.25, -0.2) is 0 Å². The molecule has 0 aromatic heterocycles. The first-order valence-electron chi connectivity index (χ1n) is 11.1. The number of hydrogen-bond acceptors (Lipinski definition) is 5. The number of ketones is 1. The predicted molar refractivity (Wildman–Crippen MR) is 131 cm³/mol. The fourth-order valence-electron chi connectivity index (χ4n) is 4.23. The van der Waals surface area contributed by atoms with Crippen molar-refractivity contribution in [3.8, 4) is 11.5 Å². The number of benzene rings is 3. The molecule has 1 aliphatic heterocycles. The Labute approximate surface area is 199 Å². The summed E-state index contributed by atoms with van der Waals surface area (Å²) < 4.78 is 10.9. The molecule has 0 aliphatic carbocycles. The SMILES string of the molecule is CCOc1cccc(C2/C(=C(\O)c3ccc(OC)cc3C)C(=O)C(=O)N2c2ccc(C)cc2)c1. The molecule has 1 N–H and O–H groups in total. The second-order valence-electron chi connectivity index (χ2n) is 8.19. The highest BCUT2D eigenvalue weighted by molar-refractivity contribution is 6.51. The standard InChI is InChI=1S/C28H27NO5/c1-5-34-22-8-6-7-19(16-22)25-24(26(30)23-14-13-21(33-4)15-18(23)3)27(31)28(32)29(25)20-11-9-17(2)10-12-20/h6-16,25,30H,5H2,1-4H3/b26-24+. The van der Waals surface area contributed by atoms with E-state index >= 15 is 0 Å². The summed E-state index contributed by atoms with van der Waals surface area (Å²) in [6, 6.07) is 19.0. The topological polar surface area (TPSA) is 76.1 Å². The van der Waals surface area contributed by atoms with E-state index in [4.69, 9.17) is 9.47 Å². The number of carbonyl (C=O) groups excluding carboxylic acids is 2. The molecule has 6 heteroatoms. The van der Waals surface area contributed by atoms with Crippen molar-refractivity contribution in [3.63, 3.8) is 0 Å². The van der Waals surface area contributed by atoms with Crippen LogP contribution in [0.15, 0.2) is 72.3 Å². The van der Waals surface area contributed by atoms with Crippen molar-refractivity contribution in [1.29, 1.82) is 0 Å². The Balaban J connectivity index is 1.94. The highest BCUT2D eigenvalue weighted by Crippen LogP contribution is 2.43. The Morgan fingerprint density at radius 2 is 1.71 bits per heavy atom. The van der Waals surface area contributed by atoms with Gasteiger partial charge in [-0.1, -0.05) is 29.8 Å². The molecule has 0 radical (unpaired) electrons. The van der Waals surface area contributed by atoms with Crippen LogP contribution in [0.25, 0.3) is 5.76 Å². The van der Waals surface area contributed by atoms with Gasteiger partial charge in [0, 0.05) is 11.3 Å². The molecule has 0 saturated carbocycles. The van der Waals surface area contributed by atoms with Crippen LogP contribution in [0, 0.1) is 13.8 Å². The van der Waals surface area contributed by atoms with E-state index in [1.807, 2.05) is 51.1 Å². The second-order valence-corrected chi connectivity index (χ2v) is 8.19. The summed E-state index contributed by atoms with van der Waals surface area (Å²) in [5, 5.41) is 11.4. The van der Waals surface area contributed by atoms with Crippen LogP contribution in [0.2, 0.25) is 0 Å². The summed E-state index contributed by atoms with van der Waals surface area (Å²) in [7, 11) is 1.56. The lowest BCUT2D eigenvalue weighted by Crippen LogP contribution is -2.29. The molecule has 174 valence electrons. The molecule has 1 saturated heterocycles. The molecule has 1 unspecified atom stereocenters. The molecule has 4 rings (SSSR count). The van der Waals surface area contributed by atoms with Crippen LogP contribution in [0.3, 0.4) is 0 Å². The maximum absolute atomic E-state index is 13.3. The van der Waals surface area contributed by atoms with Crippen LogP contribution < -0.4 is 14.4 Å². The number of methoxy groups -OCH3 is 1. The molecule has 3 aromatic rings. The third kappa shape index (κ3) is 4.15. The largest absolute Gasteiger partial charge is 0.507 e. The molecular weight excluding hydrogens is 430 g/mol. The first-order chi connectivity index (χ1) is 16.3. The lowest BCUT2D eigenvalue weighted by Gasteiger charge is -2.26. The molecular formula is C28H27NO5. The van der Waals surface area contributed by atoms with Gasteiger partial charge in [0.1, 0.15) is 17.3 Å². The van der Waals surface area contributed by atoms with Crippen LogP contribution in [0.1, 0.15) is 35.2 Å². The van der Waals surface area contributed by atoms with E-state index in [9.17, 15) is 14.7 Å². The van der Waals surface area contributed by atoms with Gasteiger partial charge in [-0.2, -0.15) is 0 Å². The number of Topliss-reactive ketones (excluding diaryl/α,β-unsaturated/α-hetero) is 1. The van der Waals surface area contributed by atoms with Crippen LogP contribution in [-0.4, -0.2) is 30.5 Å². The van der Waals surface area contributed by atoms with E-state index in [1.165, 1.54) is 4.90 Å². The smallest absolute Gasteiger partial charge is 0.300 e. The molecule has 1 amide bonds. The number of rotatable bonds is 6. The number of aliphatic hydroxyl groups is 1. The molecule has 34 heavy (non-hydrogen) atoms. The monoisotopic (exact) mass is 457 g/mol. The van der Waals surface area contributed by atoms with Gasteiger partial charge in [0.2, 0.25) is 0 Å². The van der Waals surface area contributed by atoms with Crippen LogP contribution in [0.4, 0.5) is 5.69 Å². The van der Waals surface area contributed by atoms with Gasteiger partial charge >= 0.3 is 0 Å². The molecule has 6 nitrogen and oxygen atoms in total. The minimum atomic E-state index is -0.815. The summed E-state index contributed by atoms with van der Waals surface area (Å²) in [5.41, 5.74) is 3.49. The van der Waals surface area contributed by atoms with Gasteiger partial charge in [-0.15, -0.1) is 0 Å². The van der Waals surface area contributed by atoms with E-state index in [-0.39, 0.29) is 11.3 Å². The summed E-state index contributed by atoms with van der Waals surface area (Å²) in [4.78, 5) is 28.1. The number of nitrogens with zero attached hydrogens (tertiary/aromatic N) is 1. The van der Waals surface area contributed by atoms with Gasteiger partial charge in [-0.05, 0) is 74.4 Å². The zero-order valence-corrected chi connectivity index (χ0v) is 19.7. The minimum absolute atomic E-state index is 0.0347. The van der Waals surface area contributed by atoms with Crippen LogP contribution in [-0.2, 0) is 9.59 Å². The van der Waals surface area contributed by atoms with E-state index in [0.717, 1.165) is 11.1 Å². The fraction of sp³-hybridized carbons (Fsp3) is 0.214. The van der Waals surface area contributed by atoms with Crippen molar-refractivity contribution in [2.24, 2.45) is 0 Å². The second kappa shape index (κ2) is 9.43. The molecule has 1 atom stereocenters. The molecule has 3 aromatic carbocycles. The first kappa shape index (κ1) is 23.1. The highest BCUT2D eigenvalue weighted by atomic mass is 16.5. The third-order valence-corrected chi connectivity index (χ3v) is 5.93. The summed E-state index contributed by atoms with van der Waals surface area (Å²) in [6.45, 7) is 6.13. The van der Waals surface area contributed by atoms with Gasteiger partial charge in [0.05, 0.1) is 25.3 Å². The van der Waals surface area contributed by atoms with Gasteiger partial charge in [-0.3, -0.25) is 14.5 Å². The van der Waals surface area contributed by atoms with E-state index in [0.29, 0.717) is 34.9 Å². The average Bonchev–Trinajstić information content (AvgIpc) is 3.10. The summed E-state index contributed by atoms with van der Waals surface area (Å²) in [6.07, 6.45) is 0. The third-order valence-electron chi connectivity index (χ3n) is 5.93. The molecule has 1 aliphatic rings. The quantitative estimate of drug-likeness (QED) is 0.307. The minimum Gasteiger partial charge on any atom is -0.507 e. The number of aliphatic hydroxyl groups excluding tert-OH is 1. The Hall–Kier alpha value is -4.06. The zero-order chi connectivity index (χ0) is 24.4. The van der Waals surface area contributed by atoms with E-state index in [2.05, 4.69) is 0 Å². The Morgan fingerprint density at radius 1 is 0.971 bits per heavy atom. The number of ether oxygens (including phenoxy) is 2. The predicted octanol–water partition coefficient (Wildman–Crippen LogP) is 5.34. The number of amides is 1. The zero-order valence-electron chi connectivity index (χ0n) is 19.7. The first-order valence-corrected chi connectivity index (χ1v) is 11.1. The molecule has 1 fully saturated rings. The molecule has 0 spiro atoms. The Morgan fingerprint density at radius 3 is 2.35 bits per heavy atom. The van der Waals surface area contributed by atoms with Crippen molar-refractivity contribution in [2.75, 3.05) is 18.6 Å². The molecule has 0 bridgehead atoms. The van der Waals surface area contributed by atoms with Gasteiger partial charge < -0.3 is 14.6 Å². The number of anilines is 1. The van der Waals surface area contributed by atoms with Crippen molar-refractivity contribution in [1.82, 2.24) is 0 Å². The maximum Gasteiger partial charge on any atom is 0.300 e. The van der Waals surface area contributed by atoms with Gasteiger partial charge in [0.15, 0.2) is 0 Å². The lowest BCUT2D eigenvalue weighted by molar-refractivity contribution is -0.132. The summed E-state index contributed by atoms with van der Waals surface area (Å²) in [5.74, 6) is -0.395. The van der Waals surface area contributed by atoms with Gasteiger partial charge in [0.25, 0.3) is 11.7 Å². The normalized spacial score (nSPS) is 17.2. The number of aryl methyl sites for hydroxylation is 2. The summed E-state index contributed by atoms with van der Waals surface area (Å²) >= 11 is 0. The number of hydrogen-bond donors (Lipinski definition) is 1. The van der Waals surface area contributed by atoms with Crippen molar-refractivity contribution >= 4 is 23.1 Å². The van der Waals surface area contributed by atoms with E-state index in [1.54, 1.807) is 43.5 Å². The highest BCUT2D eigenvalue weighted by Gasteiger charge is 2.47.